The highest BCUT2D eigenvalue weighted by Crippen LogP contribution is 2.39. The predicted octanol–water partition coefficient (Wildman–Crippen LogP) is 1.91. The number of rotatable bonds is 8. The van der Waals surface area contributed by atoms with Crippen molar-refractivity contribution in [2.24, 2.45) is 5.41 Å². The third-order valence-corrected chi connectivity index (χ3v) is 3.06. The number of carboxylic acid groups (broad SMARTS) is 1. The molecule has 0 saturated carbocycles. The summed E-state index contributed by atoms with van der Waals surface area (Å²) in [6.07, 6.45) is 0. The van der Waals surface area contributed by atoms with Crippen LogP contribution in [-0.2, 0) is 11.3 Å². The average molecular weight is 297 g/mol. The molecule has 6 heteroatoms. The van der Waals surface area contributed by atoms with Gasteiger partial charge in [0.05, 0.1) is 19.6 Å². The number of hydrogen-bond donors (Lipinski definition) is 2. The molecule has 2 N–H and O–H groups in total. The summed E-state index contributed by atoms with van der Waals surface area (Å²) in [4.78, 5) is 11.1. The molecule has 21 heavy (non-hydrogen) atoms. The SMILES string of the molecule is CNCc1cc(OC)c(OCC(C)(C)C(=O)O)c(OC)c1. The zero-order chi connectivity index (χ0) is 16.0. The van der Waals surface area contributed by atoms with E-state index in [4.69, 9.17) is 19.3 Å². The zero-order valence-corrected chi connectivity index (χ0v) is 13.1. The second kappa shape index (κ2) is 7.17. The highest BCUT2D eigenvalue weighted by atomic mass is 16.5. The zero-order valence-electron chi connectivity index (χ0n) is 13.1. The van der Waals surface area contributed by atoms with Gasteiger partial charge in [-0.05, 0) is 38.6 Å². The van der Waals surface area contributed by atoms with Gasteiger partial charge in [0.15, 0.2) is 11.5 Å². The first kappa shape index (κ1) is 17.1. The third-order valence-electron chi connectivity index (χ3n) is 3.06. The number of nitrogens with one attached hydrogen (secondary N) is 1. The maximum absolute atomic E-state index is 11.1. The molecular weight excluding hydrogens is 274 g/mol. The maximum atomic E-state index is 11.1. The van der Waals surface area contributed by atoms with Crippen molar-refractivity contribution in [2.45, 2.75) is 20.4 Å². The van der Waals surface area contributed by atoms with Crippen LogP contribution in [0.15, 0.2) is 12.1 Å². The summed E-state index contributed by atoms with van der Waals surface area (Å²) in [6, 6.07) is 3.67. The molecule has 0 amide bonds. The lowest BCUT2D eigenvalue weighted by Crippen LogP contribution is -2.30. The summed E-state index contributed by atoms with van der Waals surface area (Å²) in [5.74, 6) is 0.517. The summed E-state index contributed by atoms with van der Waals surface area (Å²) < 4.78 is 16.3. The molecule has 0 aliphatic carbocycles. The Morgan fingerprint density at radius 1 is 1.24 bits per heavy atom. The van der Waals surface area contributed by atoms with Gasteiger partial charge in [-0.1, -0.05) is 0 Å². The molecule has 1 rings (SSSR count). The lowest BCUT2D eigenvalue weighted by Gasteiger charge is -2.22. The van der Waals surface area contributed by atoms with Crippen molar-refractivity contribution >= 4 is 5.97 Å². The minimum absolute atomic E-state index is 0.0143. The van der Waals surface area contributed by atoms with Crippen LogP contribution in [0.1, 0.15) is 19.4 Å². The number of methoxy groups -OCH3 is 2. The van der Waals surface area contributed by atoms with Gasteiger partial charge in [0.1, 0.15) is 6.61 Å². The second-order valence-corrected chi connectivity index (χ2v) is 5.34. The van der Waals surface area contributed by atoms with Crippen molar-refractivity contribution in [3.05, 3.63) is 17.7 Å². The molecule has 0 aromatic heterocycles. The smallest absolute Gasteiger partial charge is 0.312 e. The van der Waals surface area contributed by atoms with E-state index in [1.807, 2.05) is 19.2 Å². The predicted molar refractivity (Wildman–Crippen MR) is 79.2 cm³/mol. The van der Waals surface area contributed by atoms with E-state index < -0.39 is 11.4 Å². The standard InChI is InChI=1S/C15H23NO5/c1-15(2,14(17)18)9-21-13-11(19-4)6-10(8-16-3)7-12(13)20-5/h6-7,16H,8-9H2,1-5H3,(H,17,18). The van der Waals surface area contributed by atoms with Crippen molar-refractivity contribution < 1.29 is 24.1 Å². The van der Waals surface area contributed by atoms with Crippen LogP contribution in [0.5, 0.6) is 17.2 Å². The molecular formula is C15H23NO5. The Labute approximate surface area is 125 Å². The molecule has 0 aliphatic rings. The first-order valence-corrected chi connectivity index (χ1v) is 6.61. The van der Waals surface area contributed by atoms with E-state index in [9.17, 15) is 4.79 Å². The van der Waals surface area contributed by atoms with E-state index in [0.717, 1.165) is 5.56 Å². The Morgan fingerprint density at radius 2 is 1.76 bits per heavy atom. The molecule has 0 heterocycles. The van der Waals surface area contributed by atoms with E-state index in [2.05, 4.69) is 5.32 Å². The molecule has 0 unspecified atom stereocenters. The Balaban J connectivity index is 3.07. The average Bonchev–Trinajstić information content (AvgIpc) is 2.44. The molecule has 0 atom stereocenters. The van der Waals surface area contributed by atoms with Crippen LogP contribution in [0.25, 0.3) is 0 Å². The van der Waals surface area contributed by atoms with Gasteiger partial charge in [-0.2, -0.15) is 0 Å². The fraction of sp³-hybridized carbons (Fsp3) is 0.533. The first-order chi connectivity index (χ1) is 9.85. The lowest BCUT2D eigenvalue weighted by atomic mass is 9.95. The Bertz CT molecular complexity index is 474. The van der Waals surface area contributed by atoms with Crippen LogP contribution in [0.4, 0.5) is 0 Å². The molecule has 6 nitrogen and oxygen atoms in total. The number of ether oxygens (including phenoxy) is 3. The van der Waals surface area contributed by atoms with E-state index >= 15 is 0 Å². The summed E-state index contributed by atoms with van der Waals surface area (Å²) in [5.41, 5.74) is -0.0179. The molecule has 0 radical (unpaired) electrons. The highest BCUT2D eigenvalue weighted by Gasteiger charge is 2.29. The van der Waals surface area contributed by atoms with Gasteiger partial charge in [-0.15, -0.1) is 0 Å². The topological polar surface area (TPSA) is 77.0 Å². The highest BCUT2D eigenvalue weighted by molar-refractivity contribution is 5.73. The monoisotopic (exact) mass is 297 g/mol. The number of carboxylic acids is 1. The number of hydrogen-bond acceptors (Lipinski definition) is 5. The van der Waals surface area contributed by atoms with E-state index in [1.165, 1.54) is 14.2 Å². The van der Waals surface area contributed by atoms with Crippen molar-refractivity contribution in [3.8, 4) is 17.2 Å². The molecule has 1 aromatic carbocycles. The fourth-order valence-electron chi connectivity index (χ4n) is 1.70. The van der Waals surface area contributed by atoms with Gasteiger partial charge in [-0.25, -0.2) is 0 Å². The minimum Gasteiger partial charge on any atom is -0.493 e. The van der Waals surface area contributed by atoms with E-state index in [0.29, 0.717) is 23.8 Å². The summed E-state index contributed by atoms with van der Waals surface area (Å²) >= 11 is 0. The summed E-state index contributed by atoms with van der Waals surface area (Å²) in [7, 11) is 4.92. The lowest BCUT2D eigenvalue weighted by molar-refractivity contribution is -0.148. The maximum Gasteiger partial charge on any atom is 0.312 e. The van der Waals surface area contributed by atoms with Crippen LogP contribution in [-0.4, -0.2) is 38.9 Å². The fourth-order valence-corrected chi connectivity index (χ4v) is 1.70. The van der Waals surface area contributed by atoms with Crippen LogP contribution in [0.2, 0.25) is 0 Å². The van der Waals surface area contributed by atoms with E-state index in [-0.39, 0.29) is 6.61 Å². The molecule has 0 spiro atoms. The van der Waals surface area contributed by atoms with Gasteiger partial charge in [0.2, 0.25) is 5.75 Å². The number of benzene rings is 1. The van der Waals surface area contributed by atoms with Gasteiger partial charge >= 0.3 is 5.97 Å². The van der Waals surface area contributed by atoms with Crippen LogP contribution in [0, 0.1) is 5.41 Å². The van der Waals surface area contributed by atoms with Crippen molar-refractivity contribution in [3.63, 3.8) is 0 Å². The Hall–Kier alpha value is -1.95. The second-order valence-electron chi connectivity index (χ2n) is 5.34. The summed E-state index contributed by atoms with van der Waals surface area (Å²) in [5, 5.41) is 12.2. The first-order valence-electron chi connectivity index (χ1n) is 6.61. The third kappa shape index (κ3) is 4.26. The Morgan fingerprint density at radius 3 is 2.14 bits per heavy atom. The molecule has 0 saturated heterocycles. The summed E-state index contributed by atoms with van der Waals surface area (Å²) in [6.45, 7) is 3.88. The van der Waals surface area contributed by atoms with Crippen molar-refractivity contribution in [1.82, 2.24) is 5.32 Å². The largest absolute Gasteiger partial charge is 0.493 e. The van der Waals surface area contributed by atoms with Gasteiger partial charge < -0.3 is 24.6 Å². The molecule has 0 aliphatic heterocycles. The molecule has 0 bridgehead atoms. The Kier molecular flexibility index (Phi) is 5.84. The normalized spacial score (nSPS) is 11.1. The van der Waals surface area contributed by atoms with Crippen molar-refractivity contribution in [2.75, 3.05) is 27.9 Å². The number of aliphatic carboxylic acids is 1. The van der Waals surface area contributed by atoms with Crippen LogP contribution < -0.4 is 19.5 Å². The van der Waals surface area contributed by atoms with Crippen molar-refractivity contribution in [1.29, 1.82) is 0 Å². The molecule has 118 valence electrons. The van der Waals surface area contributed by atoms with Gasteiger partial charge in [-0.3, -0.25) is 4.79 Å². The van der Waals surface area contributed by atoms with Gasteiger partial charge in [0.25, 0.3) is 0 Å². The van der Waals surface area contributed by atoms with Crippen LogP contribution >= 0.6 is 0 Å². The minimum atomic E-state index is -1.00. The number of carbonyl (C=O) groups is 1. The quantitative estimate of drug-likeness (QED) is 0.763. The molecule has 1 aromatic rings. The van der Waals surface area contributed by atoms with Crippen LogP contribution in [0.3, 0.4) is 0 Å². The molecule has 0 fully saturated rings. The van der Waals surface area contributed by atoms with E-state index in [1.54, 1.807) is 13.8 Å². The van der Waals surface area contributed by atoms with Gasteiger partial charge in [0, 0.05) is 6.54 Å².